The highest BCUT2D eigenvalue weighted by molar-refractivity contribution is 7.99. The maximum Gasteiger partial charge on any atom is 0.286 e. The number of para-hydroxylation sites is 2. The first-order valence-corrected chi connectivity index (χ1v) is 10.7. The van der Waals surface area contributed by atoms with Crippen LogP contribution >= 0.6 is 23.4 Å². The number of carbonyl (C=O) groups excluding carboxylic acids is 1. The highest BCUT2D eigenvalue weighted by atomic mass is 35.5. The summed E-state index contributed by atoms with van der Waals surface area (Å²) in [4.78, 5) is 38.4. The predicted molar refractivity (Wildman–Crippen MR) is 123 cm³/mol. The molecule has 3 aromatic carbocycles. The minimum atomic E-state index is -0.501. The number of rotatable bonds is 5. The van der Waals surface area contributed by atoms with E-state index in [1.807, 2.05) is 0 Å². The Morgan fingerprint density at radius 1 is 0.969 bits per heavy atom. The summed E-state index contributed by atoms with van der Waals surface area (Å²) in [6.07, 6.45) is 0. The summed E-state index contributed by atoms with van der Waals surface area (Å²) in [5.74, 6) is -0.483. The van der Waals surface area contributed by atoms with Gasteiger partial charge in [0.05, 0.1) is 31.8 Å². The van der Waals surface area contributed by atoms with Crippen molar-refractivity contribution in [2.45, 2.75) is 16.7 Å². The van der Waals surface area contributed by atoms with Gasteiger partial charge in [-0.25, -0.2) is 9.36 Å². The lowest BCUT2D eigenvalue weighted by Crippen LogP contribution is -2.27. The fourth-order valence-corrected chi connectivity index (χ4v) is 4.54. The quantitative estimate of drug-likeness (QED) is 0.293. The van der Waals surface area contributed by atoms with E-state index in [4.69, 9.17) is 11.6 Å². The summed E-state index contributed by atoms with van der Waals surface area (Å²) in [7, 11) is 0. The zero-order valence-electron chi connectivity index (χ0n) is 16.8. The van der Waals surface area contributed by atoms with E-state index in [0.717, 1.165) is 11.8 Å². The molecule has 9 heteroatoms. The van der Waals surface area contributed by atoms with Gasteiger partial charge in [-0.3, -0.25) is 19.7 Å². The van der Waals surface area contributed by atoms with Gasteiger partial charge in [0.15, 0.2) is 0 Å². The standard InChI is InChI=1S/C23H16ClN3O4S/c1-15-21(32-20-14-8-7-13-19(20)27(30)31)23(29)26(16-9-3-2-4-10-16)25(15)22(28)17-11-5-6-12-18(17)24/h2-14H,1H3. The van der Waals surface area contributed by atoms with Gasteiger partial charge in [-0.2, -0.15) is 0 Å². The van der Waals surface area contributed by atoms with Crippen LogP contribution < -0.4 is 5.56 Å². The van der Waals surface area contributed by atoms with Gasteiger partial charge >= 0.3 is 0 Å². The van der Waals surface area contributed by atoms with Crippen LogP contribution in [0.25, 0.3) is 5.69 Å². The van der Waals surface area contributed by atoms with Gasteiger partial charge in [0.25, 0.3) is 17.2 Å². The maximum absolute atomic E-state index is 13.5. The molecule has 0 aliphatic rings. The minimum Gasteiger partial charge on any atom is -0.267 e. The molecule has 0 saturated carbocycles. The molecule has 0 bridgehead atoms. The highest BCUT2D eigenvalue weighted by Crippen LogP contribution is 2.35. The molecule has 7 nitrogen and oxygen atoms in total. The van der Waals surface area contributed by atoms with Crippen LogP contribution in [0.2, 0.25) is 5.02 Å². The van der Waals surface area contributed by atoms with Gasteiger partial charge in [0.1, 0.15) is 4.90 Å². The van der Waals surface area contributed by atoms with Crippen molar-refractivity contribution in [2.24, 2.45) is 0 Å². The summed E-state index contributed by atoms with van der Waals surface area (Å²) >= 11 is 7.21. The topological polar surface area (TPSA) is 87.1 Å². The first kappa shape index (κ1) is 21.6. The van der Waals surface area contributed by atoms with Gasteiger partial charge in [0.2, 0.25) is 0 Å². The normalized spacial score (nSPS) is 10.8. The average Bonchev–Trinajstić information content (AvgIpc) is 3.04. The number of aromatic nitrogens is 2. The van der Waals surface area contributed by atoms with Gasteiger partial charge in [-0.15, -0.1) is 0 Å². The van der Waals surface area contributed by atoms with Gasteiger partial charge < -0.3 is 0 Å². The van der Waals surface area contributed by atoms with Crippen LogP contribution in [0.15, 0.2) is 93.4 Å². The lowest BCUT2D eigenvalue weighted by Gasteiger charge is -2.13. The Balaban J connectivity index is 1.95. The zero-order valence-corrected chi connectivity index (χ0v) is 18.3. The first-order chi connectivity index (χ1) is 15.4. The van der Waals surface area contributed by atoms with Crippen LogP contribution in [0.4, 0.5) is 5.69 Å². The summed E-state index contributed by atoms with van der Waals surface area (Å²) in [5, 5.41) is 11.7. The molecule has 4 aromatic rings. The van der Waals surface area contributed by atoms with E-state index < -0.39 is 16.4 Å². The van der Waals surface area contributed by atoms with Crippen molar-refractivity contribution < 1.29 is 9.72 Å². The zero-order chi connectivity index (χ0) is 22.8. The van der Waals surface area contributed by atoms with Crippen LogP contribution in [0, 0.1) is 17.0 Å². The van der Waals surface area contributed by atoms with E-state index in [1.165, 1.54) is 15.4 Å². The van der Waals surface area contributed by atoms with Crippen LogP contribution in [-0.4, -0.2) is 20.2 Å². The number of nitrogens with zero attached hydrogens (tertiary/aromatic N) is 3. The molecular weight excluding hydrogens is 450 g/mol. The predicted octanol–water partition coefficient (Wildman–Crippen LogP) is 5.35. The smallest absolute Gasteiger partial charge is 0.267 e. The minimum absolute atomic E-state index is 0.118. The van der Waals surface area contributed by atoms with Crippen molar-refractivity contribution in [1.82, 2.24) is 9.36 Å². The molecule has 0 unspecified atom stereocenters. The monoisotopic (exact) mass is 465 g/mol. The number of benzene rings is 3. The molecule has 0 aliphatic carbocycles. The van der Waals surface area contributed by atoms with E-state index in [-0.39, 0.29) is 21.2 Å². The molecule has 0 N–H and O–H groups in total. The lowest BCUT2D eigenvalue weighted by molar-refractivity contribution is -0.387. The SMILES string of the molecule is Cc1c(Sc2ccccc2[N+](=O)[O-])c(=O)n(-c2ccccc2)n1C(=O)c1ccccc1Cl. The molecule has 4 rings (SSSR count). The number of nitro benzene ring substituents is 1. The molecule has 0 radical (unpaired) electrons. The van der Waals surface area contributed by atoms with Gasteiger partial charge in [-0.05, 0) is 37.3 Å². The number of carbonyl (C=O) groups is 1. The van der Waals surface area contributed by atoms with Crippen LogP contribution in [0.1, 0.15) is 16.1 Å². The summed E-state index contributed by atoms with van der Waals surface area (Å²) < 4.78 is 2.52. The molecule has 0 spiro atoms. The van der Waals surface area contributed by atoms with Crippen molar-refractivity contribution >= 4 is 35.0 Å². The van der Waals surface area contributed by atoms with Gasteiger partial charge in [-0.1, -0.05) is 65.8 Å². The molecule has 0 atom stereocenters. The van der Waals surface area contributed by atoms with Crippen molar-refractivity contribution in [2.75, 3.05) is 0 Å². The molecule has 1 aromatic heterocycles. The Kier molecular flexibility index (Phi) is 5.98. The number of halogens is 1. The van der Waals surface area contributed by atoms with Gasteiger partial charge in [0, 0.05) is 6.07 Å². The summed E-state index contributed by atoms with van der Waals surface area (Å²) in [6.45, 7) is 1.63. The summed E-state index contributed by atoms with van der Waals surface area (Å²) in [5.41, 5.74) is 0.492. The Bertz CT molecular complexity index is 1400. The number of hydrogen-bond acceptors (Lipinski definition) is 5. The number of hydrogen-bond donors (Lipinski definition) is 0. The fraction of sp³-hybridized carbons (Fsp3) is 0.0435. The van der Waals surface area contributed by atoms with Crippen molar-refractivity contribution in [3.63, 3.8) is 0 Å². The Morgan fingerprint density at radius 2 is 1.59 bits per heavy atom. The molecule has 32 heavy (non-hydrogen) atoms. The Hall–Kier alpha value is -3.62. The molecule has 0 amide bonds. The second-order valence-electron chi connectivity index (χ2n) is 6.79. The van der Waals surface area contributed by atoms with E-state index in [0.29, 0.717) is 16.3 Å². The average molecular weight is 466 g/mol. The number of nitro groups is 1. The second kappa shape index (κ2) is 8.86. The van der Waals surface area contributed by atoms with E-state index in [1.54, 1.807) is 79.7 Å². The third-order valence-electron chi connectivity index (χ3n) is 4.80. The molecular formula is C23H16ClN3O4S. The fourth-order valence-electron chi connectivity index (χ4n) is 3.30. The van der Waals surface area contributed by atoms with Crippen molar-refractivity contribution in [3.05, 3.63) is 116 Å². The highest BCUT2D eigenvalue weighted by Gasteiger charge is 2.26. The Labute approximate surface area is 192 Å². The molecule has 1 heterocycles. The first-order valence-electron chi connectivity index (χ1n) is 9.50. The summed E-state index contributed by atoms with van der Waals surface area (Å²) in [6, 6.07) is 21.5. The third kappa shape index (κ3) is 3.86. The van der Waals surface area contributed by atoms with E-state index in [9.17, 15) is 19.7 Å². The molecule has 0 fully saturated rings. The molecule has 0 saturated heterocycles. The molecule has 0 aliphatic heterocycles. The van der Waals surface area contributed by atoms with E-state index in [2.05, 4.69) is 0 Å². The second-order valence-corrected chi connectivity index (χ2v) is 8.25. The largest absolute Gasteiger partial charge is 0.286 e. The third-order valence-corrected chi connectivity index (χ3v) is 6.37. The molecule has 160 valence electrons. The van der Waals surface area contributed by atoms with Crippen LogP contribution in [0.5, 0.6) is 0 Å². The van der Waals surface area contributed by atoms with E-state index >= 15 is 0 Å². The van der Waals surface area contributed by atoms with Crippen molar-refractivity contribution in [1.29, 1.82) is 0 Å². The maximum atomic E-state index is 13.5. The van der Waals surface area contributed by atoms with Crippen LogP contribution in [0.3, 0.4) is 0 Å². The van der Waals surface area contributed by atoms with Crippen molar-refractivity contribution in [3.8, 4) is 5.69 Å². The Morgan fingerprint density at radius 3 is 2.28 bits per heavy atom. The lowest BCUT2D eigenvalue weighted by atomic mass is 10.2. The van der Waals surface area contributed by atoms with Crippen LogP contribution in [-0.2, 0) is 0 Å².